The summed E-state index contributed by atoms with van der Waals surface area (Å²) in [6.07, 6.45) is -3.74. The molecule has 1 aromatic carbocycles. The number of aliphatic imine (C=N–C) groups is 1. The fourth-order valence-corrected chi connectivity index (χ4v) is 2.08. The van der Waals surface area contributed by atoms with Crippen LogP contribution in [0.25, 0.3) is 0 Å². The van der Waals surface area contributed by atoms with Crippen LogP contribution in [0.5, 0.6) is 0 Å². The second-order valence-electron chi connectivity index (χ2n) is 5.30. The minimum Gasteiger partial charge on any atom is -0.357 e. The Morgan fingerprint density at radius 2 is 1.92 bits per heavy atom. The number of nitrogens with one attached hydrogen (secondary N) is 2. The van der Waals surface area contributed by atoms with E-state index in [0.29, 0.717) is 37.2 Å². The van der Waals surface area contributed by atoms with Gasteiger partial charge in [-0.1, -0.05) is 17.3 Å². The number of guanidine groups is 1. The van der Waals surface area contributed by atoms with Crippen LogP contribution in [0.2, 0.25) is 0 Å². The normalized spacial score (nSPS) is 12.3. The van der Waals surface area contributed by atoms with Gasteiger partial charge in [-0.25, -0.2) is 4.99 Å². The fourth-order valence-electron chi connectivity index (χ4n) is 2.08. The van der Waals surface area contributed by atoms with Crippen molar-refractivity contribution < 1.29 is 17.7 Å². The summed E-state index contributed by atoms with van der Waals surface area (Å²) in [5.74, 6) is 1.54. The van der Waals surface area contributed by atoms with Crippen molar-refractivity contribution in [3.8, 4) is 0 Å². The zero-order valence-corrected chi connectivity index (χ0v) is 14.0. The molecule has 2 N–H and O–H groups in total. The van der Waals surface area contributed by atoms with Crippen LogP contribution < -0.4 is 10.6 Å². The third-order valence-electron chi connectivity index (χ3n) is 3.27. The van der Waals surface area contributed by atoms with Crippen molar-refractivity contribution in [1.29, 1.82) is 0 Å². The van der Waals surface area contributed by atoms with Gasteiger partial charge in [-0.05, 0) is 38.0 Å². The van der Waals surface area contributed by atoms with Gasteiger partial charge in [0.25, 0.3) is 0 Å². The second kappa shape index (κ2) is 8.50. The van der Waals surface area contributed by atoms with E-state index < -0.39 is 11.7 Å². The number of hydrogen-bond donors (Lipinski definition) is 2. The van der Waals surface area contributed by atoms with Crippen molar-refractivity contribution >= 4 is 5.96 Å². The van der Waals surface area contributed by atoms with Crippen molar-refractivity contribution in [1.82, 2.24) is 20.8 Å². The molecule has 0 aliphatic heterocycles. The number of nitrogens with zero attached hydrogens (tertiary/aromatic N) is 3. The van der Waals surface area contributed by atoms with Gasteiger partial charge in [-0.15, -0.1) is 0 Å². The van der Waals surface area contributed by atoms with Crippen molar-refractivity contribution in [3.63, 3.8) is 0 Å². The molecule has 0 aliphatic carbocycles. The van der Waals surface area contributed by atoms with E-state index in [4.69, 9.17) is 4.52 Å². The van der Waals surface area contributed by atoms with Gasteiger partial charge in [0.1, 0.15) is 6.54 Å². The van der Waals surface area contributed by atoms with Gasteiger partial charge >= 0.3 is 6.18 Å². The van der Waals surface area contributed by atoms with Crippen LogP contribution in [-0.2, 0) is 19.1 Å². The standard InChI is InChI=1S/C16H20F3N5O/c1-3-20-15(22-10-14-23-11(2)24-25-14)21-9-8-12-4-6-13(7-5-12)16(17,18)19/h4-7H,3,8-10H2,1-2H3,(H2,20,21,22). The van der Waals surface area contributed by atoms with Crippen LogP contribution in [0, 0.1) is 6.92 Å². The van der Waals surface area contributed by atoms with Crippen molar-refractivity contribution in [2.24, 2.45) is 4.99 Å². The molecular weight excluding hydrogens is 335 g/mol. The molecule has 0 bridgehead atoms. The summed E-state index contributed by atoms with van der Waals surface area (Å²) in [6, 6.07) is 5.14. The highest BCUT2D eigenvalue weighted by molar-refractivity contribution is 5.79. The number of benzene rings is 1. The predicted molar refractivity (Wildman–Crippen MR) is 87.0 cm³/mol. The lowest BCUT2D eigenvalue weighted by Crippen LogP contribution is -2.38. The molecule has 0 saturated heterocycles. The van der Waals surface area contributed by atoms with Crippen LogP contribution >= 0.6 is 0 Å². The van der Waals surface area contributed by atoms with E-state index in [1.807, 2.05) is 6.92 Å². The van der Waals surface area contributed by atoms with Crippen LogP contribution in [0.1, 0.15) is 29.8 Å². The van der Waals surface area contributed by atoms with E-state index >= 15 is 0 Å². The Balaban J connectivity index is 1.86. The average Bonchev–Trinajstić information content (AvgIpc) is 2.98. The quantitative estimate of drug-likeness (QED) is 0.616. The Morgan fingerprint density at radius 3 is 2.48 bits per heavy atom. The molecule has 0 unspecified atom stereocenters. The zero-order valence-electron chi connectivity index (χ0n) is 14.0. The number of aromatic nitrogens is 2. The molecule has 25 heavy (non-hydrogen) atoms. The Hall–Kier alpha value is -2.58. The first-order valence-corrected chi connectivity index (χ1v) is 7.86. The Kier molecular flexibility index (Phi) is 6.37. The van der Waals surface area contributed by atoms with Crippen molar-refractivity contribution in [3.05, 3.63) is 47.1 Å². The summed E-state index contributed by atoms with van der Waals surface area (Å²) in [4.78, 5) is 8.39. The number of hydrogen-bond acceptors (Lipinski definition) is 4. The highest BCUT2D eigenvalue weighted by Gasteiger charge is 2.29. The van der Waals surface area contributed by atoms with Crippen LogP contribution in [0.4, 0.5) is 13.2 Å². The van der Waals surface area contributed by atoms with Gasteiger partial charge in [-0.3, -0.25) is 0 Å². The molecule has 1 heterocycles. The van der Waals surface area contributed by atoms with Crippen LogP contribution in [-0.4, -0.2) is 29.2 Å². The van der Waals surface area contributed by atoms with E-state index in [1.165, 1.54) is 12.1 Å². The number of halogens is 3. The molecule has 0 saturated carbocycles. The van der Waals surface area contributed by atoms with Gasteiger partial charge in [-0.2, -0.15) is 18.2 Å². The first-order valence-electron chi connectivity index (χ1n) is 7.86. The highest BCUT2D eigenvalue weighted by Crippen LogP contribution is 2.29. The SMILES string of the molecule is CCNC(=NCc1nc(C)no1)NCCc1ccc(C(F)(F)F)cc1. The summed E-state index contributed by atoms with van der Waals surface area (Å²) in [7, 11) is 0. The summed E-state index contributed by atoms with van der Waals surface area (Å²) in [5.41, 5.74) is 0.165. The fraction of sp³-hybridized carbons (Fsp3) is 0.438. The molecule has 2 aromatic rings. The molecule has 0 aliphatic rings. The summed E-state index contributed by atoms with van der Waals surface area (Å²) >= 11 is 0. The van der Waals surface area contributed by atoms with Crippen molar-refractivity contribution in [2.45, 2.75) is 33.0 Å². The lowest BCUT2D eigenvalue weighted by Gasteiger charge is -2.11. The molecule has 0 amide bonds. The first kappa shape index (κ1) is 18.8. The molecule has 0 atom stereocenters. The predicted octanol–water partition coefficient (Wildman–Crippen LogP) is 2.69. The van der Waals surface area contributed by atoms with Gasteiger partial charge in [0.2, 0.25) is 5.89 Å². The van der Waals surface area contributed by atoms with E-state index in [0.717, 1.165) is 17.7 Å². The molecule has 136 valence electrons. The second-order valence-corrected chi connectivity index (χ2v) is 5.30. The molecule has 0 spiro atoms. The maximum atomic E-state index is 12.5. The number of alkyl halides is 3. The van der Waals surface area contributed by atoms with E-state index in [1.54, 1.807) is 6.92 Å². The van der Waals surface area contributed by atoms with E-state index in [-0.39, 0.29) is 6.54 Å². The lowest BCUT2D eigenvalue weighted by atomic mass is 10.1. The number of rotatable bonds is 6. The summed E-state index contributed by atoms with van der Waals surface area (Å²) in [6.45, 7) is 5.11. The van der Waals surface area contributed by atoms with Gasteiger partial charge in [0.15, 0.2) is 11.8 Å². The monoisotopic (exact) mass is 355 g/mol. The highest BCUT2D eigenvalue weighted by atomic mass is 19.4. The molecular formula is C16H20F3N5O. The average molecular weight is 355 g/mol. The topological polar surface area (TPSA) is 75.3 Å². The smallest absolute Gasteiger partial charge is 0.357 e. The Labute approximate surface area is 143 Å². The van der Waals surface area contributed by atoms with Crippen molar-refractivity contribution in [2.75, 3.05) is 13.1 Å². The third kappa shape index (κ3) is 6.09. The molecule has 0 fully saturated rings. The van der Waals surface area contributed by atoms with Gasteiger partial charge in [0, 0.05) is 13.1 Å². The molecule has 1 aromatic heterocycles. The Bertz CT molecular complexity index is 695. The van der Waals surface area contributed by atoms with E-state index in [9.17, 15) is 13.2 Å². The largest absolute Gasteiger partial charge is 0.416 e. The molecule has 2 rings (SSSR count). The first-order chi connectivity index (χ1) is 11.9. The lowest BCUT2D eigenvalue weighted by molar-refractivity contribution is -0.137. The third-order valence-corrected chi connectivity index (χ3v) is 3.27. The minimum atomic E-state index is -4.31. The van der Waals surface area contributed by atoms with Gasteiger partial charge < -0.3 is 15.2 Å². The van der Waals surface area contributed by atoms with Crippen LogP contribution in [0.15, 0.2) is 33.8 Å². The maximum Gasteiger partial charge on any atom is 0.416 e. The Morgan fingerprint density at radius 1 is 1.20 bits per heavy atom. The minimum absolute atomic E-state index is 0.246. The number of aryl methyl sites for hydroxylation is 1. The van der Waals surface area contributed by atoms with Crippen LogP contribution in [0.3, 0.4) is 0 Å². The molecule has 9 heteroatoms. The van der Waals surface area contributed by atoms with E-state index in [2.05, 4.69) is 25.8 Å². The maximum absolute atomic E-state index is 12.5. The molecule has 0 radical (unpaired) electrons. The summed E-state index contributed by atoms with van der Waals surface area (Å²) in [5, 5.41) is 9.88. The molecule has 6 nitrogen and oxygen atoms in total. The zero-order chi connectivity index (χ0) is 18.3. The summed E-state index contributed by atoms with van der Waals surface area (Å²) < 4.78 is 42.6. The van der Waals surface area contributed by atoms with Gasteiger partial charge in [0.05, 0.1) is 5.56 Å².